The van der Waals surface area contributed by atoms with Gasteiger partial charge in [-0.2, -0.15) is 0 Å². The number of esters is 1. The van der Waals surface area contributed by atoms with E-state index in [0.717, 1.165) is 0 Å². The number of ether oxygens (including phenoxy) is 1. The first-order valence-corrected chi connectivity index (χ1v) is 4.81. The predicted molar refractivity (Wildman–Crippen MR) is 50.6 cm³/mol. The maximum Gasteiger partial charge on any atom is 0.330 e. The fourth-order valence-electron chi connectivity index (χ4n) is 1.51. The van der Waals surface area contributed by atoms with Crippen LogP contribution < -0.4 is 0 Å². The zero-order valence-electron chi connectivity index (χ0n) is 8.22. The van der Waals surface area contributed by atoms with Gasteiger partial charge in [0, 0.05) is 18.9 Å². The Kier molecular flexibility index (Phi) is 4.10. The van der Waals surface area contributed by atoms with Crippen molar-refractivity contribution in [1.29, 1.82) is 0 Å². The molecule has 0 amide bonds. The van der Waals surface area contributed by atoms with Crippen LogP contribution in [-0.4, -0.2) is 34.5 Å². The standard InChI is InChI=1S/C10H16O4/c1-7(11)5-8(12)6-9-3-2-4-10(13)14-9/h2,4,7-9,11-12H,3,5-6H2,1H3/t7-,8+,9-/m1/s1. The topological polar surface area (TPSA) is 66.8 Å². The second-order valence-electron chi connectivity index (χ2n) is 3.67. The number of aliphatic hydroxyl groups is 2. The maximum absolute atomic E-state index is 10.8. The number of carbonyl (C=O) groups excluding carboxylic acids is 1. The summed E-state index contributed by atoms with van der Waals surface area (Å²) >= 11 is 0. The predicted octanol–water partition coefficient (Wildman–Crippen LogP) is 0.380. The van der Waals surface area contributed by atoms with Crippen LogP contribution in [0, 0.1) is 0 Å². The van der Waals surface area contributed by atoms with Crippen LogP contribution >= 0.6 is 0 Å². The SMILES string of the molecule is C[C@@H](O)C[C@H](O)C[C@H]1CC=CC(=O)O1. The normalized spacial score (nSPS) is 25.6. The Balaban J connectivity index is 2.30. The molecule has 0 unspecified atom stereocenters. The summed E-state index contributed by atoms with van der Waals surface area (Å²) in [6, 6.07) is 0. The van der Waals surface area contributed by atoms with Crippen molar-refractivity contribution in [1.82, 2.24) is 0 Å². The van der Waals surface area contributed by atoms with E-state index < -0.39 is 12.2 Å². The molecule has 0 fully saturated rings. The molecule has 0 aromatic carbocycles. The third kappa shape index (κ3) is 3.89. The van der Waals surface area contributed by atoms with Gasteiger partial charge in [-0.15, -0.1) is 0 Å². The monoisotopic (exact) mass is 200 g/mol. The summed E-state index contributed by atoms with van der Waals surface area (Å²) in [4.78, 5) is 10.8. The van der Waals surface area contributed by atoms with Crippen molar-refractivity contribution in [2.24, 2.45) is 0 Å². The number of cyclic esters (lactones) is 1. The van der Waals surface area contributed by atoms with E-state index in [1.54, 1.807) is 13.0 Å². The minimum absolute atomic E-state index is 0.249. The fraction of sp³-hybridized carbons (Fsp3) is 0.700. The lowest BCUT2D eigenvalue weighted by atomic mass is 10.0. The van der Waals surface area contributed by atoms with Crippen molar-refractivity contribution in [3.05, 3.63) is 12.2 Å². The zero-order chi connectivity index (χ0) is 10.6. The van der Waals surface area contributed by atoms with Crippen molar-refractivity contribution in [3.63, 3.8) is 0 Å². The van der Waals surface area contributed by atoms with Crippen molar-refractivity contribution in [2.75, 3.05) is 0 Å². The molecule has 2 N–H and O–H groups in total. The molecule has 0 saturated heterocycles. The van der Waals surface area contributed by atoms with Crippen molar-refractivity contribution < 1.29 is 19.7 Å². The van der Waals surface area contributed by atoms with E-state index in [1.165, 1.54) is 6.08 Å². The molecule has 1 aliphatic heterocycles. The molecule has 0 bridgehead atoms. The van der Waals surface area contributed by atoms with Crippen LogP contribution in [0.3, 0.4) is 0 Å². The van der Waals surface area contributed by atoms with Crippen molar-refractivity contribution in [3.8, 4) is 0 Å². The van der Waals surface area contributed by atoms with Gasteiger partial charge in [0.1, 0.15) is 6.10 Å². The lowest BCUT2D eigenvalue weighted by Crippen LogP contribution is -2.26. The molecule has 1 aliphatic rings. The molecule has 0 spiro atoms. The minimum atomic E-state index is -0.612. The molecule has 1 heterocycles. The Morgan fingerprint density at radius 2 is 2.36 bits per heavy atom. The van der Waals surface area contributed by atoms with Gasteiger partial charge in [-0.1, -0.05) is 6.08 Å². The Morgan fingerprint density at radius 3 is 2.93 bits per heavy atom. The van der Waals surface area contributed by atoms with E-state index in [1.807, 2.05) is 0 Å². The molecule has 80 valence electrons. The Hall–Kier alpha value is -0.870. The van der Waals surface area contributed by atoms with Gasteiger partial charge in [0.2, 0.25) is 0 Å². The quantitative estimate of drug-likeness (QED) is 0.644. The molecule has 0 aliphatic carbocycles. The van der Waals surface area contributed by atoms with Gasteiger partial charge >= 0.3 is 5.97 Å². The van der Waals surface area contributed by atoms with Gasteiger partial charge < -0.3 is 14.9 Å². The largest absolute Gasteiger partial charge is 0.459 e. The maximum atomic E-state index is 10.8. The number of carbonyl (C=O) groups is 1. The molecule has 4 nitrogen and oxygen atoms in total. The highest BCUT2D eigenvalue weighted by Gasteiger charge is 2.20. The second kappa shape index (κ2) is 5.12. The lowest BCUT2D eigenvalue weighted by molar-refractivity contribution is -0.145. The first kappa shape index (κ1) is 11.2. The Bertz CT molecular complexity index is 222. The van der Waals surface area contributed by atoms with Crippen LogP contribution in [0.1, 0.15) is 26.2 Å². The van der Waals surface area contributed by atoms with Crippen LogP contribution in [0.4, 0.5) is 0 Å². The summed E-state index contributed by atoms with van der Waals surface area (Å²) in [5, 5.41) is 18.5. The summed E-state index contributed by atoms with van der Waals surface area (Å²) in [5.74, 6) is -0.356. The van der Waals surface area contributed by atoms with Gasteiger partial charge in [0.15, 0.2) is 0 Å². The summed E-state index contributed by atoms with van der Waals surface area (Å²) in [7, 11) is 0. The van der Waals surface area contributed by atoms with Gasteiger partial charge in [-0.25, -0.2) is 4.79 Å². The minimum Gasteiger partial charge on any atom is -0.459 e. The first-order chi connectivity index (χ1) is 6.58. The number of hydrogen-bond acceptors (Lipinski definition) is 4. The van der Waals surface area contributed by atoms with E-state index in [2.05, 4.69) is 0 Å². The van der Waals surface area contributed by atoms with Crippen LogP contribution in [0.2, 0.25) is 0 Å². The molecule has 0 radical (unpaired) electrons. The van der Waals surface area contributed by atoms with Gasteiger partial charge in [0.25, 0.3) is 0 Å². The number of aliphatic hydroxyl groups excluding tert-OH is 2. The molecule has 0 aromatic heterocycles. The summed E-state index contributed by atoms with van der Waals surface area (Å²) in [6.45, 7) is 1.62. The molecule has 0 saturated carbocycles. The van der Waals surface area contributed by atoms with Crippen molar-refractivity contribution in [2.45, 2.75) is 44.5 Å². The van der Waals surface area contributed by atoms with E-state index in [-0.39, 0.29) is 12.1 Å². The van der Waals surface area contributed by atoms with E-state index in [0.29, 0.717) is 19.3 Å². The summed E-state index contributed by atoms with van der Waals surface area (Å²) in [6.07, 6.45) is 3.09. The average Bonchev–Trinajstić information content (AvgIpc) is 2.01. The third-order valence-corrected chi connectivity index (χ3v) is 2.08. The summed E-state index contributed by atoms with van der Waals surface area (Å²) < 4.78 is 4.97. The molecule has 0 aromatic rings. The highest BCUT2D eigenvalue weighted by Crippen LogP contribution is 2.15. The molecular weight excluding hydrogens is 184 g/mol. The Morgan fingerprint density at radius 1 is 1.64 bits per heavy atom. The van der Waals surface area contributed by atoms with Crippen LogP contribution in [0.25, 0.3) is 0 Å². The smallest absolute Gasteiger partial charge is 0.330 e. The van der Waals surface area contributed by atoms with Crippen LogP contribution in [-0.2, 0) is 9.53 Å². The first-order valence-electron chi connectivity index (χ1n) is 4.81. The van der Waals surface area contributed by atoms with Crippen molar-refractivity contribution >= 4 is 5.97 Å². The molecule has 14 heavy (non-hydrogen) atoms. The van der Waals surface area contributed by atoms with E-state index >= 15 is 0 Å². The molecule has 4 heteroatoms. The van der Waals surface area contributed by atoms with Gasteiger partial charge in [-0.05, 0) is 13.3 Å². The Labute approximate surface area is 83.2 Å². The lowest BCUT2D eigenvalue weighted by Gasteiger charge is -2.21. The highest BCUT2D eigenvalue weighted by molar-refractivity contribution is 5.82. The zero-order valence-corrected chi connectivity index (χ0v) is 8.22. The van der Waals surface area contributed by atoms with E-state index in [9.17, 15) is 9.90 Å². The van der Waals surface area contributed by atoms with E-state index in [4.69, 9.17) is 9.84 Å². The highest BCUT2D eigenvalue weighted by atomic mass is 16.5. The van der Waals surface area contributed by atoms with Crippen LogP contribution in [0.5, 0.6) is 0 Å². The van der Waals surface area contributed by atoms with Gasteiger partial charge in [0.05, 0.1) is 12.2 Å². The van der Waals surface area contributed by atoms with Gasteiger partial charge in [-0.3, -0.25) is 0 Å². The second-order valence-corrected chi connectivity index (χ2v) is 3.67. The van der Waals surface area contributed by atoms with Crippen LogP contribution in [0.15, 0.2) is 12.2 Å². The number of rotatable bonds is 4. The molecular formula is C10H16O4. The summed E-state index contributed by atoms with van der Waals surface area (Å²) in [5.41, 5.74) is 0. The fourth-order valence-corrected chi connectivity index (χ4v) is 1.51. The molecule has 1 rings (SSSR count). The third-order valence-electron chi connectivity index (χ3n) is 2.08. The number of hydrogen-bond donors (Lipinski definition) is 2. The average molecular weight is 200 g/mol. The molecule has 3 atom stereocenters.